The lowest BCUT2D eigenvalue weighted by Crippen LogP contribution is -1.91. The first-order valence-electron chi connectivity index (χ1n) is 4.03. The van der Waals surface area contributed by atoms with Gasteiger partial charge in [-0.05, 0) is 24.4 Å². The lowest BCUT2D eigenvalue weighted by molar-refractivity contribution is 0.629. The number of hydrogen-bond donors (Lipinski definition) is 2. The first-order valence-corrected chi connectivity index (χ1v) is 6.01. The van der Waals surface area contributed by atoms with Gasteiger partial charge in [0.25, 0.3) is 0 Å². The summed E-state index contributed by atoms with van der Waals surface area (Å²) in [6, 6.07) is 2.85. The second-order valence-corrected chi connectivity index (χ2v) is 5.28. The Labute approximate surface area is 109 Å². The molecule has 1 aromatic heterocycles. The van der Waals surface area contributed by atoms with Crippen molar-refractivity contribution in [3.63, 3.8) is 0 Å². The lowest BCUT2D eigenvalue weighted by Gasteiger charge is -2.04. The molecule has 1 heterocycles. The van der Waals surface area contributed by atoms with Crippen molar-refractivity contribution in [1.29, 1.82) is 0 Å². The monoisotopic (exact) mass is 295 g/mol. The van der Waals surface area contributed by atoms with E-state index in [1.54, 1.807) is 0 Å². The topological polar surface area (TPSA) is 40.7 Å². The number of aromatic amines is 1. The Morgan fingerprint density at radius 2 is 2.00 bits per heavy atom. The molecule has 0 radical (unpaired) electrons. The first-order chi connectivity index (χ1) is 7.56. The van der Waals surface area contributed by atoms with E-state index in [2.05, 4.69) is 15.5 Å². The zero-order valence-electron chi connectivity index (χ0n) is 7.55. The highest BCUT2D eigenvalue weighted by Crippen LogP contribution is 2.29. The molecule has 0 saturated carbocycles. The number of hydrogen-bond acceptors (Lipinski definition) is 4. The Balaban J connectivity index is 2.32. The Kier molecular flexibility index (Phi) is 3.44. The SMILES string of the molecule is Fc1c(Cl)cc(Nc2n[nH]c(=S)s2)cc1Cl. The molecule has 0 saturated heterocycles. The minimum Gasteiger partial charge on any atom is -0.330 e. The van der Waals surface area contributed by atoms with Crippen molar-refractivity contribution in [2.45, 2.75) is 0 Å². The van der Waals surface area contributed by atoms with Gasteiger partial charge in [0, 0.05) is 5.69 Å². The summed E-state index contributed by atoms with van der Waals surface area (Å²) in [5.74, 6) is -0.636. The lowest BCUT2D eigenvalue weighted by atomic mass is 10.3. The summed E-state index contributed by atoms with van der Waals surface area (Å²) in [5, 5.41) is 9.87. The fourth-order valence-corrected chi connectivity index (χ4v) is 2.33. The number of benzene rings is 1. The van der Waals surface area contributed by atoms with Crippen molar-refractivity contribution in [3.8, 4) is 0 Å². The molecule has 0 bridgehead atoms. The third-order valence-electron chi connectivity index (χ3n) is 1.67. The fourth-order valence-electron chi connectivity index (χ4n) is 1.03. The summed E-state index contributed by atoms with van der Waals surface area (Å²) in [5.41, 5.74) is 0.550. The predicted octanol–water partition coefficient (Wildman–Crippen LogP) is 4.39. The van der Waals surface area contributed by atoms with Crippen LogP contribution in [0.15, 0.2) is 12.1 Å². The van der Waals surface area contributed by atoms with E-state index in [1.165, 1.54) is 23.5 Å². The minimum atomic E-state index is -0.636. The van der Waals surface area contributed by atoms with Crippen LogP contribution < -0.4 is 5.32 Å². The molecule has 0 amide bonds. The molecule has 0 unspecified atom stereocenters. The molecule has 8 heteroatoms. The van der Waals surface area contributed by atoms with Crippen LogP contribution in [0.4, 0.5) is 15.2 Å². The van der Waals surface area contributed by atoms with Gasteiger partial charge in [-0.3, -0.25) is 5.10 Å². The molecule has 0 fully saturated rings. The third kappa shape index (κ3) is 2.52. The largest absolute Gasteiger partial charge is 0.330 e. The normalized spacial score (nSPS) is 10.4. The molecular weight excluding hydrogens is 292 g/mol. The summed E-state index contributed by atoms with van der Waals surface area (Å²) in [6.07, 6.45) is 0. The van der Waals surface area contributed by atoms with Gasteiger partial charge in [-0.1, -0.05) is 34.5 Å². The molecule has 0 aliphatic rings. The first kappa shape index (κ1) is 11.8. The summed E-state index contributed by atoms with van der Waals surface area (Å²) in [4.78, 5) is 0. The fraction of sp³-hybridized carbons (Fsp3) is 0. The van der Waals surface area contributed by atoms with Gasteiger partial charge in [0.1, 0.15) is 0 Å². The second kappa shape index (κ2) is 4.67. The van der Waals surface area contributed by atoms with E-state index in [4.69, 9.17) is 35.4 Å². The van der Waals surface area contributed by atoms with Gasteiger partial charge in [-0.25, -0.2) is 4.39 Å². The summed E-state index contributed by atoms with van der Waals surface area (Å²) < 4.78 is 13.7. The van der Waals surface area contributed by atoms with E-state index in [-0.39, 0.29) is 10.0 Å². The Bertz CT molecular complexity index is 558. The van der Waals surface area contributed by atoms with Gasteiger partial charge in [-0.2, -0.15) is 0 Å². The molecule has 3 nitrogen and oxygen atoms in total. The average molecular weight is 296 g/mol. The van der Waals surface area contributed by atoms with Crippen molar-refractivity contribution in [1.82, 2.24) is 10.2 Å². The minimum absolute atomic E-state index is 0.0471. The molecule has 0 spiro atoms. The number of H-pyrrole nitrogens is 1. The van der Waals surface area contributed by atoms with E-state index in [1.807, 2.05) is 0 Å². The maximum atomic E-state index is 13.1. The molecule has 0 aliphatic carbocycles. The van der Waals surface area contributed by atoms with Gasteiger partial charge < -0.3 is 5.32 Å². The van der Waals surface area contributed by atoms with Crippen molar-refractivity contribution in [2.75, 3.05) is 5.32 Å². The van der Waals surface area contributed by atoms with Crippen LogP contribution in [0.1, 0.15) is 0 Å². The quantitative estimate of drug-likeness (QED) is 0.638. The highest BCUT2D eigenvalue weighted by Gasteiger charge is 2.08. The van der Waals surface area contributed by atoms with Gasteiger partial charge in [0.15, 0.2) is 9.77 Å². The number of nitrogens with one attached hydrogen (secondary N) is 2. The highest BCUT2D eigenvalue weighted by molar-refractivity contribution is 7.73. The molecule has 1 aromatic carbocycles. The van der Waals surface area contributed by atoms with Crippen molar-refractivity contribution < 1.29 is 4.39 Å². The Morgan fingerprint density at radius 3 is 2.50 bits per heavy atom. The average Bonchev–Trinajstić information content (AvgIpc) is 2.60. The number of halogens is 3. The number of rotatable bonds is 2. The van der Waals surface area contributed by atoms with Crippen LogP contribution in [0, 0.1) is 9.77 Å². The van der Waals surface area contributed by atoms with E-state index < -0.39 is 5.82 Å². The molecule has 16 heavy (non-hydrogen) atoms. The van der Waals surface area contributed by atoms with Crippen LogP contribution in [-0.2, 0) is 0 Å². The summed E-state index contributed by atoms with van der Waals surface area (Å²) in [6.45, 7) is 0. The summed E-state index contributed by atoms with van der Waals surface area (Å²) in [7, 11) is 0. The van der Waals surface area contributed by atoms with Crippen LogP contribution in [0.2, 0.25) is 10.0 Å². The van der Waals surface area contributed by atoms with Gasteiger partial charge in [0.05, 0.1) is 10.0 Å². The van der Waals surface area contributed by atoms with Crippen LogP contribution in [0.3, 0.4) is 0 Å². The molecule has 84 valence electrons. The van der Waals surface area contributed by atoms with Crippen LogP contribution in [-0.4, -0.2) is 10.2 Å². The van der Waals surface area contributed by atoms with Gasteiger partial charge in [0.2, 0.25) is 5.13 Å². The Hall–Kier alpha value is -0.690. The smallest absolute Gasteiger partial charge is 0.208 e. The molecule has 0 atom stereocenters. The van der Waals surface area contributed by atoms with E-state index in [0.29, 0.717) is 14.8 Å². The van der Waals surface area contributed by atoms with E-state index in [9.17, 15) is 4.39 Å². The van der Waals surface area contributed by atoms with E-state index in [0.717, 1.165) is 0 Å². The number of nitrogens with zero attached hydrogens (tertiary/aromatic N) is 1. The second-order valence-electron chi connectivity index (χ2n) is 2.80. The summed E-state index contributed by atoms with van der Waals surface area (Å²) >= 11 is 17.4. The van der Waals surface area contributed by atoms with Gasteiger partial charge >= 0.3 is 0 Å². The number of aromatic nitrogens is 2. The highest BCUT2D eigenvalue weighted by atomic mass is 35.5. The van der Waals surface area contributed by atoms with Crippen molar-refractivity contribution in [3.05, 3.63) is 31.9 Å². The maximum Gasteiger partial charge on any atom is 0.208 e. The predicted molar refractivity (Wildman–Crippen MR) is 67.0 cm³/mol. The molecule has 2 rings (SSSR count). The van der Waals surface area contributed by atoms with Gasteiger partial charge in [-0.15, -0.1) is 5.10 Å². The van der Waals surface area contributed by atoms with Crippen LogP contribution in [0.5, 0.6) is 0 Å². The molecule has 2 N–H and O–H groups in total. The number of anilines is 2. The third-order valence-corrected chi connectivity index (χ3v) is 3.23. The molecule has 0 aliphatic heterocycles. The van der Waals surface area contributed by atoms with Crippen LogP contribution >= 0.6 is 46.8 Å². The van der Waals surface area contributed by atoms with Crippen molar-refractivity contribution >= 4 is 57.6 Å². The zero-order chi connectivity index (χ0) is 11.7. The zero-order valence-corrected chi connectivity index (χ0v) is 10.7. The Morgan fingerprint density at radius 1 is 1.38 bits per heavy atom. The van der Waals surface area contributed by atoms with E-state index >= 15 is 0 Å². The van der Waals surface area contributed by atoms with Crippen LogP contribution in [0.25, 0.3) is 0 Å². The maximum absolute atomic E-state index is 13.1. The van der Waals surface area contributed by atoms with Crippen molar-refractivity contribution in [2.24, 2.45) is 0 Å². The molecular formula is C8H4Cl2FN3S2. The molecule has 2 aromatic rings. The standard InChI is InChI=1S/C8H4Cl2FN3S2/c9-4-1-3(2-5(10)6(4)11)12-7-13-14-8(15)16-7/h1-2H,(H,12,13)(H,14,15).